The molecular weight excluding hydrogens is 290 g/mol. The van der Waals surface area contributed by atoms with Crippen molar-refractivity contribution in [2.75, 3.05) is 7.11 Å². The number of fused-ring (bicyclic) bond motifs is 2. The standard InChI is InChI=1S/C18H21N3O2/c1-23-15-9-13-7-8-14(10-15)21(13)18(22)17-11-16(19-20-17)12-5-3-2-4-6-12/h2-6,11,13-15H,7-10H2,1H3,(H,19,20). The number of nitrogens with one attached hydrogen (secondary N) is 1. The van der Waals surface area contributed by atoms with Crippen molar-refractivity contribution >= 4 is 5.91 Å². The van der Waals surface area contributed by atoms with E-state index in [1.165, 1.54) is 0 Å². The first kappa shape index (κ1) is 14.5. The molecule has 4 rings (SSSR count). The molecule has 5 nitrogen and oxygen atoms in total. The van der Waals surface area contributed by atoms with E-state index in [0.717, 1.165) is 36.9 Å². The number of ether oxygens (including phenoxy) is 1. The van der Waals surface area contributed by atoms with Crippen LogP contribution in [0.4, 0.5) is 0 Å². The third-order valence-corrected chi connectivity index (χ3v) is 5.14. The van der Waals surface area contributed by atoms with Crippen LogP contribution < -0.4 is 0 Å². The molecule has 0 spiro atoms. The Morgan fingerprint density at radius 1 is 1.22 bits per heavy atom. The van der Waals surface area contributed by atoms with E-state index in [4.69, 9.17) is 4.74 Å². The molecule has 1 amide bonds. The molecule has 3 heterocycles. The van der Waals surface area contributed by atoms with Gasteiger partial charge in [0.2, 0.25) is 0 Å². The van der Waals surface area contributed by atoms with E-state index in [2.05, 4.69) is 15.1 Å². The fourth-order valence-electron chi connectivity index (χ4n) is 3.98. The summed E-state index contributed by atoms with van der Waals surface area (Å²) in [5.41, 5.74) is 2.41. The molecule has 2 saturated heterocycles. The fraction of sp³-hybridized carbons (Fsp3) is 0.444. The SMILES string of the molecule is COC1CC2CCC(C1)N2C(=O)c1cc(-c2ccccc2)n[nH]1. The van der Waals surface area contributed by atoms with E-state index in [-0.39, 0.29) is 12.0 Å². The second-order valence-electron chi connectivity index (χ2n) is 6.46. The predicted octanol–water partition coefficient (Wildman–Crippen LogP) is 2.86. The number of piperidine rings is 1. The Bertz CT molecular complexity index is 683. The number of carbonyl (C=O) groups is 1. The molecule has 120 valence electrons. The minimum Gasteiger partial charge on any atom is -0.381 e. The molecule has 0 aliphatic carbocycles. The van der Waals surface area contributed by atoms with Gasteiger partial charge in [0.1, 0.15) is 5.69 Å². The van der Waals surface area contributed by atoms with Gasteiger partial charge in [0.15, 0.2) is 0 Å². The van der Waals surface area contributed by atoms with Crippen LogP contribution in [0.25, 0.3) is 11.3 Å². The highest BCUT2D eigenvalue weighted by Crippen LogP contribution is 2.37. The first-order valence-corrected chi connectivity index (χ1v) is 8.22. The van der Waals surface area contributed by atoms with Gasteiger partial charge in [-0.3, -0.25) is 9.89 Å². The molecule has 2 unspecified atom stereocenters. The Balaban J connectivity index is 1.55. The van der Waals surface area contributed by atoms with Gasteiger partial charge in [-0.1, -0.05) is 30.3 Å². The van der Waals surface area contributed by atoms with Crippen LogP contribution in [0.3, 0.4) is 0 Å². The Morgan fingerprint density at radius 3 is 2.57 bits per heavy atom. The van der Waals surface area contributed by atoms with Gasteiger partial charge in [0.05, 0.1) is 11.8 Å². The molecule has 0 saturated carbocycles. The smallest absolute Gasteiger partial charge is 0.272 e. The molecule has 5 heteroatoms. The van der Waals surface area contributed by atoms with Gasteiger partial charge < -0.3 is 9.64 Å². The normalized spacial score (nSPS) is 26.5. The lowest BCUT2D eigenvalue weighted by Crippen LogP contribution is -2.48. The summed E-state index contributed by atoms with van der Waals surface area (Å²) >= 11 is 0. The van der Waals surface area contributed by atoms with E-state index in [9.17, 15) is 4.79 Å². The lowest BCUT2D eigenvalue weighted by atomic mass is 9.99. The number of aromatic nitrogens is 2. The number of rotatable bonds is 3. The molecule has 1 aromatic carbocycles. The molecular formula is C18H21N3O2. The van der Waals surface area contributed by atoms with Crippen molar-refractivity contribution in [1.82, 2.24) is 15.1 Å². The summed E-state index contributed by atoms with van der Waals surface area (Å²) in [5, 5.41) is 7.23. The van der Waals surface area contributed by atoms with Gasteiger partial charge in [-0.25, -0.2) is 0 Å². The van der Waals surface area contributed by atoms with Crippen molar-refractivity contribution < 1.29 is 9.53 Å². The quantitative estimate of drug-likeness (QED) is 0.948. The topological polar surface area (TPSA) is 58.2 Å². The summed E-state index contributed by atoms with van der Waals surface area (Å²) in [6.07, 6.45) is 4.33. The number of benzene rings is 1. The van der Waals surface area contributed by atoms with E-state index in [1.807, 2.05) is 36.4 Å². The van der Waals surface area contributed by atoms with Crippen LogP contribution in [0.5, 0.6) is 0 Å². The molecule has 2 aliphatic rings. The van der Waals surface area contributed by atoms with Crippen LogP contribution in [0.2, 0.25) is 0 Å². The summed E-state index contributed by atoms with van der Waals surface area (Å²) in [7, 11) is 1.77. The van der Waals surface area contributed by atoms with Crippen molar-refractivity contribution in [3.63, 3.8) is 0 Å². The van der Waals surface area contributed by atoms with Crippen molar-refractivity contribution in [2.45, 2.75) is 43.9 Å². The lowest BCUT2D eigenvalue weighted by Gasteiger charge is -2.38. The first-order valence-electron chi connectivity index (χ1n) is 8.22. The number of nitrogens with zero attached hydrogens (tertiary/aromatic N) is 2. The Hall–Kier alpha value is -2.14. The van der Waals surface area contributed by atoms with Crippen LogP contribution in [0, 0.1) is 0 Å². The molecule has 2 fully saturated rings. The number of aromatic amines is 1. The molecule has 2 aliphatic heterocycles. The summed E-state index contributed by atoms with van der Waals surface area (Å²) in [4.78, 5) is 15.0. The average Bonchev–Trinajstić information content (AvgIpc) is 3.18. The zero-order chi connectivity index (χ0) is 15.8. The van der Waals surface area contributed by atoms with Gasteiger partial charge >= 0.3 is 0 Å². The summed E-state index contributed by atoms with van der Waals surface area (Å²) in [6.45, 7) is 0. The number of hydrogen-bond donors (Lipinski definition) is 1. The fourth-order valence-corrected chi connectivity index (χ4v) is 3.98. The second-order valence-corrected chi connectivity index (χ2v) is 6.46. The highest BCUT2D eigenvalue weighted by atomic mass is 16.5. The Morgan fingerprint density at radius 2 is 1.91 bits per heavy atom. The second kappa shape index (κ2) is 5.81. The highest BCUT2D eigenvalue weighted by Gasteiger charge is 2.43. The van der Waals surface area contributed by atoms with Crippen molar-refractivity contribution in [3.8, 4) is 11.3 Å². The van der Waals surface area contributed by atoms with Crippen molar-refractivity contribution in [1.29, 1.82) is 0 Å². The monoisotopic (exact) mass is 311 g/mol. The van der Waals surface area contributed by atoms with Gasteiger partial charge in [-0.15, -0.1) is 0 Å². The van der Waals surface area contributed by atoms with E-state index in [1.54, 1.807) is 7.11 Å². The molecule has 1 aromatic heterocycles. The maximum absolute atomic E-state index is 12.9. The molecule has 2 bridgehead atoms. The Kier molecular flexibility index (Phi) is 3.65. The minimum absolute atomic E-state index is 0.0711. The van der Waals surface area contributed by atoms with E-state index >= 15 is 0 Å². The van der Waals surface area contributed by atoms with Crippen LogP contribution >= 0.6 is 0 Å². The van der Waals surface area contributed by atoms with Gasteiger partial charge in [-0.05, 0) is 31.7 Å². The summed E-state index contributed by atoms with van der Waals surface area (Å²) < 4.78 is 5.51. The third-order valence-electron chi connectivity index (χ3n) is 5.14. The van der Waals surface area contributed by atoms with E-state index < -0.39 is 0 Å². The number of hydrogen-bond acceptors (Lipinski definition) is 3. The number of methoxy groups -OCH3 is 1. The number of amides is 1. The number of H-pyrrole nitrogens is 1. The van der Waals surface area contributed by atoms with Crippen LogP contribution in [-0.2, 0) is 4.74 Å². The number of carbonyl (C=O) groups excluding carboxylic acids is 1. The maximum Gasteiger partial charge on any atom is 0.272 e. The van der Waals surface area contributed by atoms with Crippen LogP contribution in [0.15, 0.2) is 36.4 Å². The first-order chi connectivity index (χ1) is 11.3. The molecule has 2 atom stereocenters. The molecule has 2 aromatic rings. The third kappa shape index (κ3) is 2.55. The maximum atomic E-state index is 12.9. The van der Waals surface area contributed by atoms with Crippen LogP contribution in [0.1, 0.15) is 36.2 Å². The zero-order valence-corrected chi connectivity index (χ0v) is 13.2. The average molecular weight is 311 g/mol. The predicted molar refractivity (Wildman–Crippen MR) is 87.0 cm³/mol. The molecule has 0 radical (unpaired) electrons. The summed E-state index contributed by atoms with van der Waals surface area (Å²) in [6, 6.07) is 12.4. The summed E-state index contributed by atoms with van der Waals surface area (Å²) in [5.74, 6) is 0.0711. The zero-order valence-electron chi connectivity index (χ0n) is 13.2. The molecule has 23 heavy (non-hydrogen) atoms. The van der Waals surface area contributed by atoms with Crippen LogP contribution in [-0.4, -0.2) is 46.3 Å². The van der Waals surface area contributed by atoms with Crippen molar-refractivity contribution in [2.24, 2.45) is 0 Å². The van der Waals surface area contributed by atoms with Gasteiger partial charge in [-0.2, -0.15) is 5.10 Å². The largest absolute Gasteiger partial charge is 0.381 e. The molecule has 1 N–H and O–H groups in total. The van der Waals surface area contributed by atoms with Crippen molar-refractivity contribution in [3.05, 3.63) is 42.1 Å². The van der Waals surface area contributed by atoms with Gasteiger partial charge in [0, 0.05) is 24.8 Å². The highest BCUT2D eigenvalue weighted by molar-refractivity contribution is 5.94. The Labute approximate surface area is 135 Å². The van der Waals surface area contributed by atoms with Gasteiger partial charge in [0.25, 0.3) is 5.91 Å². The lowest BCUT2D eigenvalue weighted by molar-refractivity contribution is 0.00794. The van der Waals surface area contributed by atoms with E-state index in [0.29, 0.717) is 17.8 Å². The minimum atomic E-state index is 0.0711.